The lowest BCUT2D eigenvalue weighted by molar-refractivity contribution is -0.391. The van der Waals surface area contributed by atoms with Crippen LogP contribution in [0.1, 0.15) is 127 Å². The Labute approximate surface area is 602 Å². The van der Waals surface area contributed by atoms with E-state index in [1.54, 1.807) is 0 Å². The van der Waals surface area contributed by atoms with Gasteiger partial charge >= 0.3 is 5.97 Å². The van der Waals surface area contributed by atoms with Crippen molar-refractivity contribution in [3.05, 3.63) is 11.6 Å². The Morgan fingerprint density at radius 2 is 0.990 bits per heavy atom. The number of ether oxygens (including phenoxy) is 14. The van der Waals surface area contributed by atoms with Gasteiger partial charge in [-0.3, -0.25) is 4.79 Å². The van der Waals surface area contributed by atoms with Crippen LogP contribution in [0, 0.1) is 50.2 Å². The van der Waals surface area contributed by atoms with Gasteiger partial charge in [-0.15, -0.1) is 0 Å². The van der Waals surface area contributed by atoms with Crippen molar-refractivity contribution in [2.45, 2.75) is 335 Å². The highest BCUT2D eigenvalue weighted by molar-refractivity contribution is 5.79. The van der Waals surface area contributed by atoms with Crippen LogP contribution in [0.3, 0.4) is 0 Å². The van der Waals surface area contributed by atoms with Crippen LogP contribution in [0.4, 0.5) is 0 Å². The summed E-state index contributed by atoms with van der Waals surface area (Å²) in [6.07, 6.45) is -46.9. The maximum absolute atomic E-state index is 15.4. The van der Waals surface area contributed by atoms with E-state index in [4.69, 9.17) is 66.3 Å². The fraction of sp³-hybridized carbons (Fsp3) is 0.957. The number of aliphatic hydroxyl groups excluding tert-OH is 19. The fourth-order valence-electron chi connectivity index (χ4n) is 20.2. The Hall–Kier alpha value is -2.07. The maximum Gasteiger partial charge on any atom is 0.315 e. The maximum atomic E-state index is 15.4. The SMILES string of the molecule is C[C@@H]1O[C@@H](O[C@H]2[C@H](O)[C@@H](O)[C@H](OC[C@H]3O[C@@H](OC(=O)[C@]45CCC(C)(C)C[C@H]4C4=CC[C@@H]6[C@@]7(C)CC[C@H](O[C@@H]8OC[C@H](O[C@@H]9O[C@H](CO)[C@@H](O)[C@H](O)[C@H]9O)[C@H](O[C@@H]9O[C@@H](C)[C@H](O)[C@@H](O)[C@H]9O[C@@H]9OC[C@@H](O)[C@@H](O)[C@H]9O)[C@H]8O)C(C)(C)[C@@H]7CC[C@@]6(C)[C@]4(C)CC5)[C@H](O)[C@@H](O)[C@@H]3O)O[C@@H]2CO)[C@H](O)[C@H](O)[C@H]1O. The van der Waals surface area contributed by atoms with E-state index in [2.05, 4.69) is 54.5 Å². The van der Waals surface area contributed by atoms with E-state index in [-0.39, 0.29) is 34.0 Å². The molecule has 7 heterocycles. The van der Waals surface area contributed by atoms with Crippen LogP contribution in [-0.4, -0.2) is 345 Å². The second kappa shape index (κ2) is 30.8. The Bertz CT molecular complexity index is 2950. The summed E-state index contributed by atoms with van der Waals surface area (Å²) in [5, 5.41) is 207. The van der Waals surface area contributed by atoms with E-state index in [9.17, 15) is 97.0 Å². The molecule has 7 saturated heterocycles. The molecule has 5 aliphatic carbocycles. The van der Waals surface area contributed by atoms with Gasteiger partial charge in [-0.1, -0.05) is 60.1 Å². The van der Waals surface area contributed by atoms with Gasteiger partial charge in [0.05, 0.1) is 56.8 Å². The zero-order chi connectivity index (χ0) is 75.7. The Morgan fingerprint density at radius 1 is 0.462 bits per heavy atom. The van der Waals surface area contributed by atoms with Gasteiger partial charge in [0, 0.05) is 0 Å². The zero-order valence-corrected chi connectivity index (χ0v) is 60.2. The first-order valence-corrected chi connectivity index (χ1v) is 36.9. The second-order valence-electron chi connectivity index (χ2n) is 33.8. The molecule has 34 nitrogen and oxygen atoms in total. The molecule has 0 bridgehead atoms. The van der Waals surface area contributed by atoms with Crippen molar-refractivity contribution in [1.29, 1.82) is 0 Å². The zero-order valence-electron chi connectivity index (χ0n) is 60.2. The molecule has 0 radical (unpaired) electrons. The van der Waals surface area contributed by atoms with Gasteiger partial charge in [-0.2, -0.15) is 0 Å². The lowest BCUT2D eigenvalue weighted by Gasteiger charge is -2.71. The molecule has 12 rings (SSSR count). The van der Waals surface area contributed by atoms with Gasteiger partial charge in [-0.25, -0.2) is 0 Å². The predicted molar refractivity (Wildman–Crippen MR) is 346 cm³/mol. The van der Waals surface area contributed by atoms with Crippen LogP contribution in [0.15, 0.2) is 11.6 Å². The Morgan fingerprint density at radius 3 is 1.66 bits per heavy atom. The van der Waals surface area contributed by atoms with Crippen LogP contribution >= 0.6 is 0 Å². The predicted octanol–water partition coefficient (Wildman–Crippen LogP) is -5.23. The minimum absolute atomic E-state index is 0.0307. The van der Waals surface area contributed by atoms with Crippen molar-refractivity contribution in [1.82, 2.24) is 0 Å². The largest absolute Gasteiger partial charge is 0.432 e. The lowest BCUT2D eigenvalue weighted by atomic mass is 9.33. The number of fused-ring (bicyclic) bond motifs is 7. The van der Waals surface area contributed by atoms with E-state index in [0.717, 1.165) is 18.4 Å². The number of carbonyl (C=O) groups excluding carboxylic acids is 1. The van der Waals surface area contributed by atoms with Gasteiger partial charge < -0.3 is 163 Å². The summed E-state index contributed by atoms with van der Waals surface area (Å²) in [5.74, 6) is -0.815. The molecule has 4 saturated carbocycles. The number of aliphatic hydroxyl groups is 19. The Balaban J connectivity index is 0.738. The van der Waals surface area contributed by atoms with Gasteiger partial charge in [-0.05, 0) is 123 Å². The first-order valence-electron chi connectivity index (χ1n) is 36.9. The Kier molecular flexibility index (Phi) is 24.1. The summed E-state index contributed by atoms with van der Waals surface area (Å²) in [6.45, 7) is 15.3. The average Bonchev–Trinajstić information content (AvgIpc) is 0.674. The van der Waals surface area contributed by atoms with Crippen LogP contribution in [0.25, 0.3) is 0 Å². The van der Waals surface area contributed by atoms with Crippen molar-refractivity contribution >= 4 is 5.97 Å². The third kappa shape index (κ3) is 14.3. The molecular weight excluding hydrogens is 1380 g/mol. The fourth-order valence-corrected chi connectivity index (χ4v) is 20.2. The highest BCUT2D eigenvalue weighted by Gasteiger charge is 2.71. The van der Waals surface area contributed by atoms with Gasteiger partial charge in [0.2, 0.25) is 6.29 Å². The van der Waals surface area contributed by atoms with Crippen molar-refractivity contribution < 1.29 is 168 Å². The molecule has 19 N–H and O–H groups in total. The van der Waals surface area contributed by atoms with Crippen molar-refractivity contribution in [3.8, 4) is 0 Å². The summed E-state index contributed by atoms with van der Waals surface area (Å²) in [4.78, 5) is 15.4. The smallest absolute Gasteiger partial charge is 0.315 e. The molecule has 0 aromatic heterocycles. The number of carbonyl (C=O) groups is 1. The monoisotopic (exact) mass is 1500 g/mol. The third-order valence-electron chi connectivity index (χ3n) is 26.9. The molecular formula is C70H114O34. The number of hydrogen-bond donors (Lipinski definition) is 19. The van der Waals surface area contributed by atoms with E-state index >= 15 is 4.79 Å². The molecule has 11 fully saturated rings. The highest BCUT2D eigenvalue weighted by Crippen LogP contribution is 2.76. The molecule has 12 aliphatic rings. The lowest BCUT2D eigenvalue weighted by Crippen LogP contribution is -2.67. The topological polar surface area (TPSA) is 531 Å². The summed E-state index contributed by atoms with van der Waals surface area (Å²) in [7, 11) is 0. The first-order chi connectivity index (χ1) is 48.8. The molecule has 41 atom stereocenters. The minimum Gasteiger partial charge on any atom is -0.432 e. The van der Waals surface area contributed by atoms with E-state index < -0.39 is 264 Å². The molecule has 0 aromatic carbocycles. The minimum atomic E-state index is -1.93. The van der Waals surface area contributed by atoms with Gasteiger partial charge in [0.1, 0.15) is 146 Å². The van der Waals surface area contributed by atoms with Crippen molar-refractivity contribution in [2.75, 3.05) is 33.0 Å². The standard InChI is InChI=1S/C70H114O34/c1-26-38(74)43(79)49(85)60(94-26)101-54-32(22-72)97-57(52(88)47(54)83)92-24-33-42(78)45(81)51(87)62(98-33)104-64(90)70-18-16-65(3,4)20-29(70)28-10-11-36-67(7)14-13-37(66(5,6)35(67)12-15-69(36,9)68(28,8)17-19-70)100-59-53(89)55(34(25-93-59)99-61-50(86)44(80)41(77)31(21-71)96-61)102-63-56(46(82)39(75)27(2)95-63)103-58-48(84)40(76)30(73)23-91-58/h10,26-27,29-63,71-89H,11-25H2,1-9H3/t26-,27-,29-,30+,31+,32+,33+,34-,35-,36+,37-,38-,39-,40+,41+,42+,43+,44-,45-,46+,47+,48+,49+,50+,51+,52+,53+,54+,55-,56+,57+,58-,59-,60-,61-,62-,63-,67-,68+,69+,70-/m0/s1. The molecule has 0 amide bonds. The number of rotatable bonds is 17. The number of esters is 1. The molecule has 0 unspecified atom stereocenters. The summed E-state index contributed by atoms with van der Waals surface area (Å²) >= 11 is 0. The van der Waals surface area contributed by atoms with Crippen molar-refractivity contribution in [2.24, 2.45) is 50.2 Å². The average molecular weight is 1500 g/mol. The van der Waals surface area contributed by atoms with Crippen LogP contribution in [-0.2, 0) is 71.1 Å². The van der Waals surface area contributed by atoms with Crippen LogP contribution in [0.5, 0.6) is 0 Å². The van der Waals surface area contributed by atoms with Crippen LogP contribution in [0.2, 0.25) is 0 Å². The first kappa shape index (κ1) is 81.4. The van der Waals surface area contributed by atoms with E-state index in [1.165, 1.54) is 13.8 Å². The van der Waals surface area contributed by atoms with Gasteiger partial charge in [0.25, 0.3) is 0 Å². The second-order valence-corrected chi connectivity index (χ2v) is 33.8. The molecule has 7 aliphatic heterocycles. The summed E-state index contributed by atoms with van der Waals surface area (Å²) < 4.78 is 84.3. The van der Waals surface area contributed by atoms with E-state index in [1.807, 2.05) is 0 Å². The van der Waals surface area contributed by atoms with Crippen molar-refractivity contribution in [3.63, 3.8) is 0 Å². The molecule has 34 heteroatoms. The normalized spacial score (nSPS) is 54.7. The highest BCUT2D eigenvalue weighted by atomic mass is 16.8. The van der Waals surface area contributed by atoms with Gasteiger partial charge in [0.15, 0.2) is 37.7 Å². The number of allylic oxidation sites excluding steroid dienone is 2. The molecule has 0 spiro atoms. The number of hydrogen-bond acceptors (Lipinski definition) is 34. The molecule has 598 valence electrons. The quantitative estimate of drug-likeness (QED) is 0.0368. The van der Waals surface area contributed by atoms with Crippen LogP contribution < -0.4 is 0 Å². The molecule has 104 heavy (non-hydrogen) atoms. The summed E-state index contributed by atoms with van der Waals surface area (Å²) in [5.41, 5.74) is -1.81. The molecule has 0 aromatic rings. The van der Waals surface area contributed by atoms with E-state index in [0.29, 0.717) is 51.4 Å². The third-order valence-corrected chi connectivity index (χ3v) is 26.9. The summed E-state index contributed by atoms with van der Waals surface area (Å²) in [6, 6.07) is 0.